The van der Waals surface area contributed by atoms with Crippen molar-refractivity contribution in [3.8, 4) is 0 Å². The maximum atomic E-state index is 11.8. The van der Waals surface area contributed by atoms with E-state index in [1.807, 2.05) is 5.06 Å². The van der Waals surface area contributed by atoms with E-state index in [0.29, 0.717) is 6.42 Å². The lowest BCUT2D eigenvalue weighted by atomic mass is 10.1. The van der Waals surface area contributed by atoms with E-state index in [9.17, 15) is 4.79 Å². The van der Waals surface area contributed by atoms with Crippen LogP contribution >= 0.6 is 0 Å². The summed E-state index contributed by atoms with van der Waals surface area (Å²) in [5.41, 5.74) is 0. The van der Waals surface area contributed by atoms with E-state index in [1.54, 1.807) is 0 Å². The minimum absolute atomic E-state index is 0.0375. The molecule has 0 radical (unpaired) electrons. The molecule has 0 amide bonds. The van der Waals surface area contributed by atoms with Crippen LogP contribution in [0.3, 0.4) is 0 Å². The molecule has 0 atom stereocenters. The third-order valence-electron chi connectivity index (χ3n) is 5.19. The molecule has 0 bridgehead atoms. The Balaban J connectivity index is 1.78. The molecule has 0 aromatic rings. The predicted molar refractivity (Wildman–Crippen MR) is 111 cm³/mol. The van der Waals surface area contributed by atoms with Crippen molar-refractivity contribution in [3.05, 3.63) is 12.2 Å². The van der Waals surface area contributed by atoms with Crippen LogP contribution in [0.15, 0.2) is 12.2 Å². The summed E-state index contributed by atoms with van der Waals surface area (Å²) >= 11 is 0. The lowest BCUT2D eigenvalue weighted by molar-refractivity contribution is -0.194. The molecule has 1 rings (SSSR count). The molecule has 152 valence electrons. The Hall–Kier alpha value is -0.830. The molecule has 1 fully saturated rings. The average Bonchev–Trinajstić information content (AvgIpc) is 2.65. The highest BCUT2D eigenvalue weighted by Crippen LogP contribution is 2.12. The van der Waals surface area contributed by atoms with Crippen LogP contribution in [0.2, 0.25) is 0 Å². The van der Waals surface area contributed by atoms with Gasteiger partial charge in [-0.25, -0.2) is 0 Å². The Morgan fingerprint density at radius 2 is 1.31 bits per heavy atom. The average molecular weight is 366 g/mol. The Morgan fingerprint density at radius 3 is 1.92 bits per heavy atom. The Bertz CT molecular complexity index is 348. The number of hydrogen-bond acceptors (Lipinski definition) is 3. The quantitative estimate of drug-likeness (QED) is 0.218. The van der Waals surface area contributed by atoms with E-state index in [1.165, 1.54) is 77.0 Å². The number of carbonyl (C=O) groups is 1. The summed E-state index contributed by atoms with van der Waals surface area (Å²) in [5.74, 6) is -0.0375. The van der Waals surface area contributed by atoms with Crippen LogP contribution < -0.4 is 0 Å². The van der Waals surface area contributed by atoms with Crippen molar-refractivity contribution in [2.75, 3.05) is 13.1 Å². The maximum Gasteiger partial charge on any atom is 0.325 e. The fourth-order valence-corrected chi connectivity index (χ4v) is 3.49. The summed E-state index contributed by atoms with van der Waals surface area (Å²) in [6.07, 6.45) is 25.6. The van der Waals surface area contributed by atoms with Gasteiger partial charge in [-0.1, -0.05) is 76.9 Å². The molecule has 1 aliphatic heterocycles. The molecular formula is C23H43NO2. The molecule has 0 saturated carbocycles. The van der Waals surface area contributed by atoms with E-state index in [0.717, 1.165) is 38.8 Å². The van der Waals surface area contributed by atoms with Crippen LogP contribution in [0.4, 0.5) is 0 Å². The molecule has 3 nitrogen and oxygen atoms in total. The molecule has 0 aromatic carbocycles. The number of allylic oxidation sites excluding steroid dienone is 2. The third kappa shape index (κ3) is 14.4. The number of nitrogens with zero attached hydrogens (tertiary/aromatic N) is 1. The summed E-state index contributed by atoms with van der Waals surface area (Å²) in [5, 5.41) is 1.85. The molecule has 0 unspecified atom stereocenters. The number of carbonyl (C=O) groups excluding carboxylic acids is 1. The Kier molecular flexibility index (Phi) is 15.7. The van der Waals surface area contributed by atoms with Gasteiger partial charge in [0.25, 0.3) is 0 Å². The molecule has 1 saturated heterocycles. The van der Waals surface area contributed by atoms with Gasteiger partial charge >= 0.3 is 5.97 Å². The van der Waals surface area contributed by atoms with Crippen LogP contribution in [-0.4, -0.2) is 24.1 Å². The molecule has 0 aromatic heterocycles. The van der Waals surface area contributed by atoms with Crippen LogP contribution in [0.1, 0.15) is 116 Å². The highest BCUT2D eigenvalue weighted by atomic mass is 16.7. The molecule has 1 heterocycles. The summed E-state index contributed by atoms with van der Waals surface area (Å²) < 4.78 is 0. The molecule has 0 aliphatic carbocycles. The van der Waals surface area contributed by atoms with Gasteiger partial charge in [0.1, 0.15) is 0 Å². The van der Waals surface area contributed by atoms with Crippen molar-refractivity contribution in [2.24, 2.45) is 0 Å². The van der Waals surface area contributed by atoms with Gasteiger partial charge in [0, 0.05) is 19.5 Å². The van der Waals surface area contributed by atoms with Crippen LogP contribution in [-0.2, 0) is 9.63 Å². The fourth-order valence-electron chi connectivity index (χ4n) is 3.49. The fraction of sp³-hybridized carbons (Fsp3) is 0.870. The van der Waals surface area contributed by atoms with Gasteiger partial charge in [0.05, 0.1) is 0 Å². The summed E-state index contributed by atoms with van der Waals surface area (Å²) in [6.45, 7) is 4.10. The highest BCUT2D eigenvalue weighted by Gasteiger charge is 2.14. The summed E-state index contributed by atoms with van der Waals surface area (Å²) in [7, 11) is 0. The van der Waals surface area contributed by atoms with Gasteiger partial charge in [-0.05, 0) is 44.9 Å². The van der Waals surface area contributed by atoms with E-state index >= 15 is 0 Å². The molecule has 3 heteroatoms. The molecule has 26 heavy (non-hydrogen) atoms. The third-order valence-corrected chi connectivity index (χ3v) is 5.19. The van der Waals surface area contributed by atoms with Gasteiger partial charge in [0.2, 0.25) is 0 Å². The number of rotatable bonds is 16. The van der Waals surface area contributed by atoms with Crippen molar-refractivity contribution in [1.82, 2.24) is 5.06 Å². The lowest BCUT2D eigenvalue weighted by Crippen LogP contribution is -2.32. The van der Waals surface area contributed by atoms with Crippen molar-refractivity contribution in [2.45, 2.75) is 116 Å². The predicted octanol–water partition coefficient (Wildman–Crippen LogP) is 6.97. The molecule has 0 spiro atoms. The van der Waals surface area contributed by atoms with Crippen molar-refractivity contribution >= 4 is 5.97 Å². The minimum Gasteiger partial charge on any atom is -0.368 e. The first-order chi connectivity index (χ1) is 12.8. The van der Waals surface area contributed by atoms with Crippen LogP contribution in [0, 0.1) is 0 Å². The molecular weight excluding hydrogens is 322 g/mol. The zero-order valence-corrected chi connectivity index (χ0v) is 17.4. The second-order valence-corrected chi connectivity index (χ2v) is 7.79. The normalized spacial score (nSPS) is 15.6. The SMILES string of the molecule is CCCCCCCC/C=C\CCCCCCCC(=O)ON1CCCCC1. The summed E-state index contributed by atoms with van der Waals surface area (Å²) in [4.78, 5) is 17.2. The number of piperidine rings is 1. The zero-order valence-electron chi connectivity index (χ0n) is 17.4. The molecule has 0 N–H and O–H groups in total. The number of hydrogen-bond donors (Lipinski definition) is 0. The van der Waals surface area contributed by atoms with E-state index in [2.05, 4.69) is 19.1 Å². The van der Waals surface area contributed by atoms with Crippen LogP contribution in [0.25, 0.3) is 0 Å². The van der Waals surface area contributed by atoms with E-state index in [4.69, 9.17) is 4.84 Å². The van der Waals surface area contributed by atoms with Gasteiger partial charge in [-0.15, -0.1) is 5.06 Å². The largest absolute Gasteiger partial charge is 0.368 e. The van der Waals surface area contributed by atoms with E-state index in [-0.39, 0.29) is 5.97 Å². The first-order valence-corrected chi connectivity index (χ1v) is 11.4. The van der Waals surface area contributed by atoms with Crippen LogP contribution in [0.5, 0.6) is 0 Å². The van der Waals surface area contributed by atoms with Crippen molar-refractivity contribution in [1.29, 1.82) is 0 Å². The zero-order chi connectivity index (χ0) is 18.7. The molecule has 1 aliphatic rings. The Labute approximate surface area is 162 Å². The van der Waals surface area contributed by atoms with Gasteiger partial charge in [-0.3, -0.25) is 4.79 Å². The standard InChI is InChI=1S/C23H43NO2/c1-2-3-4-5-6-7-8-9-10-11-12-13-14-15-17-20-23(25)26-24-21-18-16-19-22-24/h9-10H,2-8,11-22H2,1H3/b10-9-. The number of hydroxylamine groups is 2. The van der Waals surface area contributed by atoms with Gasteiger partial charge in [-0.2, -0.15) is 0 Å². The summed E-state index contributed by atoms with van der Waals surface area (Å²) in [6, 6.07) is 0. The lowest BCUT2D eigenvalue weighted by Gasteiger charge is -2.24. The van der Waals surface area contributed by atoms with Gasteiger partial charge < -0.3 is 4.84 Å². The monoisotopic (exact) mass is 365 g/mol. The second kappa shape index (κ2) is 17.6. The maximum absolute atomic E-state index is 11.8. The topological polar surface area (TPSA) is 29.5 Å². The minimum atomic E-state index is -0.0375. The smallest absolute Gasteiger partial charge is 0.325 e. The highest BCUT2D eigenvalue weighted by molar-refractivity contribution is 5.68. The Morgan fingerprint density at radius 1 is 0.769 bits per heavy atom. The van der Waals surface area contributed by atoms with Crippen molar-refractivity contribution in [3.63, 3.8) is 0 Å². The first-order valence-electron chi connectivity index (χ1n) is 11.4. The first kappa shape index (κ1) is 23.2. The van der Waals surface area contributed by atoms with Gasteiger partial charge in [0.15, 0.2) is 0 Å². The van der Waals surface area contributed by atoms with E-state index < -0.39 is 0 Å². The van der Waals surface area contributed by atoms with Crippen molar-refractivity contribution < 1.29 is 9.63 Å². The number of unbranched alkanes of at least 4 members (excludes halogenated alkanes) is 11. The second-order valence-electron chi connectivity index (χ2n) is 7.79.